The van der Waals surface area contributed by atoms with Crippen LogP contribution in [-0.4, -0.2) is 41.9 Å². The van der Waals surface area contributed by atoms with E-state index in [0.29, 0.717) is 22.7 Å². The molecule has 1 aliphatic heterocycles. The van der Waals surface area contributed by atoms with Gasteiger partial charge in [-0.2, -0.15) is 0 Å². The van der Waals surface area contributed by atoms with E-state index in [1.165, 1.54) is 6.33 Å². The second-order valence-electron chi connectivity index (χ2n) is 4.96. The highest BCUT2D eigenvalue weighted by atomic mass is 32.2. The molecule has 0 saturated carbocycles. The molecule has 6 nitrogen and oxygen atoms in total. The van der Waals surface area contributed by atoms with Gasteiger partial charge in [0, 0.05) is 11.4 Å². The van der Waals surface area contributed by atoms with E-state index in [-0.39, 0.29) is 18.4 Å². The van der Waals surface area contributed by atoms with Crippen molar-refractivity contribution in [1.29, 1.82) is 0 Å². The van der Waals surface area contributed by atoms with Crippen LogP contribution in [0.5, 0.6) is 0 Å². The summed E-state index contributed by atoms with van der Waals surface area (Å²) in [5, 5.41) is 13.0. The number of aryl methyl sites for hydroxylation is 1. The number of nitrogens with one attached hydrogen (secondary N) is 1. The summed E-state index contributed by atoms with van der Waals surface area (Å²) in [5.41, 5.74) is 1.49. The van der Waals surface area contributed by atoms with E-state index >= 15 is 0 Å². The van der Waals surface area contributed by atoms with Gasteiger partial charge in [0.25, 0.3) is 0 Å². The average molecular weight is 293 g/mol. The van der Waals surface area contributed by atoms with Crippen molar-refractivity contribution >= 4 is 26.6 Å². The SMILES string of the molecule is C[C@H](CO)Nc1ncnc2ccc3c(c12)CCS3(=O)=O. The zero-order valence-electron chi connectivity index (χ0n) is 11.0. The largest absolute Gasteiger partial charge is 0.394 e. The van der Waals surface area contributed by atoms with Gasteiger partial charge in [0.05, 0.1) is 22.8 Å². The summed E-state index contributed by atoms with van der Waals surface area (Å²) >= 11 is 0. The zero-order valence-corrected chi connectivity index (χ0v) is 11.8. The fraction of sp³-hybridized carbons (Fsp3) is 0.385. The van der Waals surface area contributed by atoms with E-state index < -0.39 is 9.84 Å². The first-order chi connectivity index (χ1) is 9.53. The minimum atomic E-state index is -3.18. The minimum Gasteiger partial charge on any atom is -0.394 e. The Morgan fingerprint density at radius 3 is 2.95 bits per heavy atom. The first-order valence-electron chi connectivity index (χ1n) is 6.39. The molecule has 1 aromatic carbocycles. The van der Waals surface area contributed by atoms with Crippen LogP contribution in [-0.2, 0) is 16.3 Å². The first kappa shape index (κ1) is 13.3. The van der Waals surface area contributed by atoms with Crippen LogP contribution in [0.25, 0.3) is 10.9 Å². The Morgan fingerprint density at radius 2 is 2.20 bits per heavy atom. The maximum atomic E-state index is 12.0. The molecule has 0 radical (unpaired) electrons. The average Bonchev–Trinajstić information content (AvgIpc) is 2.74. The number of aromatic nitrogens is 2. The Hall–Kier alpha value is -1.73. The molecule has 1 aliphatic rings. The molecule has 0 aliphatic carbocycles. The Kier molecular flexibility index (Phi) is 3.10. The van der Waals surface area contributed by atoms with Crippen molar-refractivity contribution in [3.63, 3.8) is 0 Å². The number of nitrogens with zero attached hydrogens (tertiary/aromatic N) is 2. The van der Waals surface area contributed by atoms with Gasteiger partial charge in [-0.15, -0.1) is 0 Å². The molecule has 0 spiro atoms. The van der Waals surface area contributed by atoms with Crippen LogP contribution >= 0.6 is 0 Å². The molecular weight excluding hydrogens is 278 g/mol. The summed E-state index contributed by atoms with van der Waals surface area (Å²) in [4.78, 5) is 8.76. The lowest BCUT2D eigenvalue weighted by Gasteiger charge is -2.14. The molecule has 0 saturated heterocycles. The topological polar surface area (TPSA) is 92.2 Å². The van der Waals surface area contributed by atoms with Gasteiger partial charge in [0.15, 0.2) is 9.84 Å². The van der Waals surface area contributed by atoms with E-state index in [1.807, 2.05) is 6.92 Å². The molecule has 106 valence electrons. The summed E-state index contributed by atoms with van der Waals surface area (Å²) in [6.45, 7) is 1.80. The van der Waals surface area contributed by atoms with Crippen LogP contribution in [0.3, 0.4) is 0 Å². The number of rotatable bonds is 3. The van der Waals surface area contributed by atoms with Gasteiger partial charge in [0.2, 0.25) is 0 Å². The van der Waals surface area contributed by atoms with E-state index in [4.69, 9.17) is 5.11 Å². The van der Waals surface area contributed by atoms with Gasteiger partial charge in [-0.1, -0.05) is 0 Å². The van der Waals surface area contributed by atoms with E-state index in [1.54, 1.807) is 12.1 Å². The molecule has 0 amide bonds. The van der Waals surface area contributed by atoms with Gasteiger partial charge in [-0.25, -0.2) is 18.4 Å². The highest BCUT2D eigenvalue weighted by Crippen LogP contribution is 2.34. The minimum absolute atomic E-state index is 0.0289. The predicted molar refractivity (Wildman–Crippen MR) is 75.5 cm³/mol. The number of benzene rings is 1. The standard InChI is InChI=1S/C13H15N3O3S/c1-8(6-17)16-13-12-9-4-5-20(18,19)11(9)3-2-10(12)14-7-15-13/h2-3,7-8,17H,4-6H2,1H3,(H,14,15,16)/t8-/m1/s1. The van der Waals surface area contributed by atoms with Crippen LogP contribution in [0, 0.1) is 0 Å². The number of anilines is 1. The molecule has 20 heavy (non-hydrogen) atoms. The monoisotopic (exact) mass is 293 g/mol. The van der Waals surface area contributed by atoms with E-state index in [9.17, 15) is 8.42 Å². The molecule has 0 unspecified atom stereocenters. The molecule has 2 aromatic rings. The smallest absolute Gasteiger partial charge is 0.179 e. The summed E-state index contributed by atoms with van der Waals surface area (Å²) in [5.74, 6) is 0.705. The fourth-order valence-corrected chi connectivity index (χ4v) is 4.02. The lowest BCUT2D eigenvalue weighted by atomic mass is 10.1. The Bertz CT molecular complexity index is 774. The van der Waals surface area contributed by atoms with Gasteiger partial charge in [-0.3, -0.25) is 0 Å². The van der Waals surface area contributed by atoms with Crippen LogP contribution in [0.1, 0.15) is 12.5 Å². The van der Waals surface area contributed by atoms with Gasteiger partial charge in [-0.05, 0) is 31.0 Å². The van der Waals surface area contributed by atoms with Crippen molar-refractivity contribution in [2.75, 3.05) is 17.7 Å². The Labute approximate surface area is 116 Å². The lowest BCUT2D eigenvalue weighted by Crippen LogP contribution is -2.20. The van der Waals surface area contributed by atoms with Crippen molar-refractivity contribution < 1.29 is 13.5 Å². The molecule has 1 aromatic heterocycles. The number of aliphatic hydroxyl groups excluding tert-OH is 1. The number of fused-ring (bicyclic) bond motifs is 3. The Morgan fingerprint density at radius 1 is 1.40 bits per heavy atom. The third-order valence-corrected chi connectivity index (χ3v) is 5.28. The van der Waals surface area contributed by atoms with Crippen molar-refractivity contribution in [1.82, 2.24) is 9.97 Å². The molecule has 0 bridgehead atoms. The van der Waals surface area contributed by atoms with E-state index in [0.717, 1.165) is 10.9 Å². The third-order valence-electron chi connectivity index (χ3n) is 3.48. The summed E-state index contributed by atoms with van der Waals surface area (Å²) in [6, 6.07) is 3.15. The van der Waals surface area contributed by atoms with Crippen LogP contribution in [0.2, 0.25) is 0 Å². The van der Waals surface area contributed by atoms with Crippen LogP contribution in [0.15, 0.2) is 23.4 Å². The number of sulfone groups is 1. The van der Waals surface area contributed by atoms with Crippen molar-refractivity contribution in [2.45, 2.75) is 24.3 Å². The van der Waals surface area contributed by atoms with Crippen molar-refractivity contribution in [3.05, 3.63) is 24.0 Å². The summed E-state index contributed by atoms with van der Waals surface area (Å²) in [7, 11) is -3.18. The van der Waals surface area contributed by atoms with E-state index in [2.05, 4.69) is 15.3 Å². The zero-order chi connectivity index (χ0) is 14.3. The molecule has 1 atom stereocenters. The molecule has 2 N–H and O–H groups in total. The molecule has 7 heteroatoms. The lowest BCUT2D eigenvalue weighted by molar-refractivity contribution is 0.281. The molecule has 3 rings (SSSR count). The van der Waals surface area contributed by atoms with Gasteiger partial charge >= 0.3 is 0 Å². The van der Waals surface area contributed by atoms with Gasteiger partial charge in [0.1, 0.15) is 12.1 Å². The predicted octanol–water partition coefficient (Wildman–Crippen LogP) is 0.752. The normalized spacial score (nSPS) is 17.9. The van der Waals surface area contributed by atoms with Crippen LogP contribution in [0.4, 0.5) is 5.82 Å². The molecular formula is C13H15N3O3S. The number of hydrogen-bond donors (Lipinski definition) is 2. The summed E-state index contributed by atoms with van der Waals surface area (Å²) < 4.78 is 24.0. The first-order valence-corrected chi connectivity index (χ1v) is 8.05. The Balaban J connectivity index is 2.25. The van der Waals surface area contributed by atoms with Crippen molar-refractivity contribution in [2.24, 2.45) is 0 Å². The van der Waals surface area contributed by atoms with Gasteiger partial charge < -0.3 is 10.4 Å². The number of aliphatic hydroxyl groups is 1. The quantitative estimate of drug-likeness (QED) is 0.867. The highest BCUT2D eigenvalue weighted by Gasteiger charge is 2.29. The third kappa shape index (κ3) is 2.03. The van der Waals surface area contributed by atoms with Crippen molar-refractivity contribution in [3.8, 4) is 0 Å². The number of hydrogen-bond acceptors (Lipinski definition) is 6. The second-order valence-corrected chi connectivity index (χ2v) is 7.03. The maximum Gasteiger partial charge on any atom is 0.179 e. The second kappa shape index (κ2) is 4.68. The fourth-order valence-electron chi connectivity index (χ4n) is 2.48. The highest BCUT2D eigenvalue weighted by molar-refractivity contribution is 7.91. The maximum absolute atomic E-state index is 12.0. The molecule has 2 heterocycles. The summed E-state index contributed by atoms with van der Waals surface area (Å²) in [6.07, 6.45) is 1.91. The van der Waals surface area contributed by atoms with Crippen LogP contribution < -0.4 is 5.32 Å². The molecule has 0 fully saturated rings.